The van der Waals surface area contributed by atoms with Crippen molar-refractivity contribution in [2.75, 3.05) is 0 Å². The van der Waals surface area contributed by atoms with Crippen molar-refractivity contribution in [1.82, 2.24) is 0 Å². The first-order valence-electron chi connectivity index (χ1n) is 13.5. The van der Waals surface area contributed by atoms with Gasteiger partial charge in [-0.1, -0.05) is 0 Å². The van der Waals surface area contributed by atoms with E-state index in [2.05, 4.69) is 0 Å². The fourth-order valence-electron chi connectivity index (χ4n) is 0.0221. The highest BCUT2D eigenvalue weighted by Gasteiger charge is 1.85. The highest BCUT2D eigenvalue weighted by molar-refractivity contribution is 14.2. The topological polar surface area (TPSA) is 64.0 Å². The van der Waals surface area contributed by atoms with Gasteiger partial charge in [0.15, 0.2) is 5.69 Å². The molecule has 0 aromatic rings. The molecule has 0 aliphatic rings. The fraction of sp³-hybridized carbons (Fsp3) is 0. The Kier molecular flexibility index (Phi) is 0.774. The zero-order valence-corrected chi connectivity index (χ0v) is 8.95. The van der Waals surface area contributed by atoms with E-state index < -0.39 is 31.3 Å². The van der Waals surface area contributed by atoms with Gasteiger partial charge in [-0.15, -0.1) is 0 Å². The molecule has 0 saturated heterocycles. The predicted molar refractivity (Wildman–Crippen MR) is 83.1 cm³/mol. The number of nitrogens with one attached hydrogen (secondary N) is 1. The van der Waals surface area contributed by atoms with Crippen molar-refractivity contribution in [2.45, 2.75) is 0 Å². The largest absolute Gasteiger partial charge is 0.616 e. The Labute approximate surface area is 111 Å². The van der Waals surface area contributed by atoms with Crippen LogP contribution in [0.25, 0.3) is 0 Å². The average molecular weight is 430 g/mol. The van der Waals surface area contributed by atoms with Gasteiger partial charge in [-0.05, 0) is 0 Å². The molecule has 2 atom stereocenters. The lowest BCUT2D eigenvalue weighted by Crippen LogP contribution is -1.76. The number of halogens is 2. The minimum Gasteiger partial charge on any atom is -0.616 e. The molecule has 0 saturated carbocycles. The van der Waals surface area contributed by atoms with E-state index in [1.807, 2.05) is 0 Å². The van der Waals surface area contributed by atoms with Crippen molar-refractivity contribution in [3.63, 3.8) is 0 Å². The summed E-state index contributed by atoms with van der Waals surface area (Å²) >= 11 is -0.220. The van der Waals surface area contributed by atoms with Gasteiger partial charge >= 0.3 is 0 Å². The molecule has 0 bridgehead atoms. The van der Waals surface area contributed by atoms with Gasteiger partial charge in [0.05, 0.1) is 6.94 Å². The first kappa shape index (κ1) is 1.19. The average Bonchev–Trinajstić information content (AvgIpc) is 2.97. The molecule has 2 unspecified atom stereocenters. The molecule has 0 aliphatic carbocycles. The Morgan fingerprint density at radius 3 is 3.00 bits per heavy atom. The van der Waals surface area contributed by atoms with Gasteiger partial charge in [0.2, 0.25) is 22.0 Å². The van der Waals surface area contributed by atoms with Gasteiger partial charge < -0.3 is 4.89 Å². The van der Waals surface area contributed by atoms with Crippen LogP contribution in [0, 0.1) is 4.78 Å². The molecule has 0 heterocycles. The molecule has 3 nitrogen and oxygen atoms in total. The van der Waals surface area contributed by atoms with Crippen LogP contribution in [0.3, 0.4) is 0 Å². The number of hydrogen-bond donors (Lipinski definition) is 2. The molecule has 0 radical (unpaired) electrons. The van der Waals surface area contributed by atoms with Crippen LogP contribution in [0.1, 0.15) is 42.8 Å². The molecule has 0 amide bonds. The van der Waals surface area contributed by atoms with Crippen LogP contribution in [0.2, 0.25) is 0 Å². The summed E-state index contributed by atoms with van der Waals surface area (Å²) in [6.45, 7) is -2.69. The van der Waals surface area contributed by atoms with Crippen molar-refractivity contribution in [1.29, 1.82) is 5.90 Å². The van der Waals surface area contributed by atoms with Crippen LogP contribution in [-0.2, 0) is 10.0 Å². The van der Waals surface area contributed by atoms with E-state index in [4.69, 9.17) is 41.5 Å². The smallest absolute Gasteiger partial charge is 0.258 e. The zero-order chi connectivity index (χ0) is 30.8. The third kappa shape index (κ3) is 4.19. The van der Waals surface area contributed by atoms with E-state index in [9.17, 15) is 7.96 Å². The summed E-state index contributed by atoms with van der Waals surface area (Å²) in [6, 6.07) is 0. The van der Waals surface area contributed by atoms with E-state index in [0.717, 1.165) is 0 Å². The Bertz CT molecular complexity index is 224. The highest BCUT2D eigenvalue weighted by Crippen LogP contribution is 2.28. The van der Waals surface area contributed by atoms with E-state index in [1.54, 1.807) is 0 Å². The number of rotatable bonds is 1. The van der Waals surface area contributed by atoms with Crippen molar-refractivity contribution < 1.29 is 50.7 Å². The van der Waals surface area contributed by atoms with Crippen LogP contribution in [0.5, 0.6) is 0 Å². The minimum absolute atomic E-state index is 0. The second-order valence-corrected chi connectivity index (χ2v) is 14.0. The predicted octanol–water partition coefficient (Wildman–Crippen LogP) is 5.53. The van der Waals surface area contributed by atoms with E-state index in [0.29, 0.717) is 0 Å². The van der Waals surface area contributed by atoms with Crippen molar-refractivity contribution in [3.05, 3.63) is 0 Å². The van der Waals surface area contributed by atoms with Gasteiger partial charge in [0, 0.05) is 42.8 Å². The molecule has 0 aromatic carbocycles. The summed E-state index contributed by atoms with van der Waals surface area (Å²) in [5.41, 5.74) is 0. The zero-order valence-electron chi connectivity index (χ0n) is 27.9. The summed E-state index contributed by atoms with van der Waals surface area (Å²) < 4.78 is 142. The van der Waals surface area contributed by atoms with Gasteiger partial charge in [-0.2, -0.15) is 0 Å². The Morgan fingerprint density at radius 2 is 3.00 bits per heavy atom. The van der Waals surface area contributed by atoms with E-state index in [1.165, 1.54) is 22.0 Å². The van der Waals surface area contributed by atoms with Gasteiger partial charge in [0.1, 0.15) is 0 Å². The van der Waals surface area contributed by atoms with Crippen LogP contribution in [0.15, 0.2) is 0 Å². The lowest BCUT2D eigenvalue weighted by atomic mass is 14.0. The molecule has 0 spiro atoms. The summed E-state index contributed by atoms with van der Waals surface area (Å²) in [5.74, 6) is 0. The summed E-state index contributed by atoms with van der Waals surface area (Å²) in [7, 11) is 0. The van der Waals surface area contributed by atoms with E-state index >= 15 is 0 Å². The first-order valence-corrected chi connectivity index (χ1v) is 10.3. The van der Waals surface area contributed by atoms with Crippen LogP contribution < -0.4 is 4.89 Å². The summed E-state index contributed by atoms with van der Waals surface area (Å²) in [6.07, 6.45) is 0. The molecular weight excluding hydrogens is 363 g/mol. The molecule has 78 valence electrons. The molecule has 7 heavy (non-hydrogen) atoms. The molecule has 1 N–H and O–H groups in total. The van der Waals surface area contributed by atoms with Crippen LogP contribution in [0.4, 0.5) is 0 Å². The van der Waals surface area contributed by atoms with Gasteiger partial charge in [0.25, 0.3) is 19.8 Å². The standard InChI is InChI=1S/H2I2NO2PS.17H2/c1-6(5)7(3)2-4;;;;;;;;;;;;;;;;;/h3,7H;17*1H/i7T;12*1+1D;5*1+1. The quantitative estimate of drug-likeness (QED) is 0.326. The van der Waals surface area contributed by atoms with Crippen molar-refractivity contribution >= 4 is 53.4 Å². The van der Waals surface area contributed by atoms with Crippen molar-refractivity contribution in [3.8, 4) is 0 Å². The molecule has 7 heteroatoms. The van der Waals surface area contributed by atoms with Gasteiger partial charge in [-0.3, -0.25) is 3.07 Å². The third-order valence-corrected chi connectivity index (χ3v) is 17.0. The fourth-order valence-corrected chi connectivity index (χ4v) is 5.01. The third-order valence-electron chi connectivity index (χ3n) is 0.186. The van der Waals surface area contributed by atoms with Crippen LogP contribution in [-0.4, -0.2) is 1.12 Å². The molecule has 0 rings (SSSR count). The van der Waals surface area contributed by atoms with Crippen LogP contribution >= 0.6 is 46.4 Å². The maximum Gasteiger partial charge on any atom is 0.258 e. The maximum atomic E-state index is 10.3. The Morgan fingerprint density at radius 1 is 2.57 bits per heavy atom. The van der Waals surface area contributed by atoms with Crippen molar-refractivity contribution in [2.24, 2.45) is 0 Å². The second kappa shape index (κ2) is 4.54. The normalized spacial score (nSPS) is 36.3. The SMILES string of the molecule is [2HH].[2HH].[2HH].[2HH].[2HH].[2H][2H].[2H][2H].[2H][2H].[2H][2H].[2H][2H].[2H][2H].[2H][2H].[2H][2H].[2H][2H].[2H][2H].[2H][2H].[2H][2H].[3H]S(=N)(I=O)=[P+]([O-])I. The maximum absolute atomic E-state index is 10.3. The molecule has 0 aliphatic heterocycles. The molecule has 0 fully saturated rings. The lowest BCUT2D eigenvalue weighted by Gasteiger charge is -1.76. The molecular formula is H36I2NO2PS. The number of thiol groups is 1. The Balaban J connectivity index is -0.00000000694. The number of hydrogen-bond acceptors (Lipinski definition) is 3. The molecule has 0 aromatic heterocycles. The summed E-state index contributed by atoms with van der Waals surface area (Å²) in [4.78, 5) is 10.3. The minimum atomic E-state index is -2.69. The van der Waals surface area contributed by atoms with Gasteiger partial charge in [-0.25, -0.2) is 4.78 Å². The van der Waals surface area contributed by atoms with E-state index in [-0.39, 0.29) is 7.13 Å². The Hall–Kier alpha value is 1.67. The first-order chi connectivity index (χ1) is 15.5. The highest BCUT2D eigenvalue weighted by atomic mass is 127. The summed E-state index contributed by atoms with van der Waals surface area (Å²) in [5, 5.41) is 0. The second-order valence-electron chi connectivity index (χ2n) is 0.513. The lowest BCUT2D eigenvalue weighted by molar-refractivity contribution is -0.144. The monoisotopic (exact) mass is 430 g/mol.